The highest BCUT2D eigenvalue weighted by Gasteiger charge is 2.47. The molecule has 1 aliphatic rings. The number of nitrogens with zero attached hydrogens (tertiary/aromatic N) is 3. The monoisotopic (exact) mass is 562 g/mol. The number of benzene rings is 1. The number of hydrogen-bond acceptors (Lipinski definition) is 8. The number of rotatable bonds is 8. The Labute approximate surface area is 227 Å². The van der Waals surface area contributed by atoms with Gasteiger partial charge in [0.1, 0.15) is 16.3 Å². The number of thiazole rings is 1. The van der Waals surface area contributed by atoms with E-state index in [9.17, 15) is 27.9 Å². The van der Waals surface area contributed by atoms with Crippen molar-refractivity contribution in [1.82, 2.24) is 20.3 Å². The molecule has 0 aliphatic heterocycles. The molecule has 0 unspecified atom stereocenters. The van der Waals surface area contributed by atoms with Crippen molar-refractivity contribution in [3.8, 4) is 10.4 Å². The summed E-state index contributed by atoms with van der Waals surface area (Å²) in [7, 11) is 0. The maximum Gasteiger partial charge on any atom is 0.433 e. The Morgan fingerprint density at radius 1 is 1.15 bits per heavy atom. The van der Waals surface area contributed by atoms with Gasteiger partial charge in [0.2, 0.25) is 17.8 Å². The zero-order valence-corrected chi connectivity index (χ0v) is 22.2. The number of amides is 2. The summed E-state index contributed by atoms with van der Waals surface area (Å²) in [6.45, 7) is 3.58. The van der Waals surface area contributed by atoms with E-state index in [1.54, 1.807) is 18.3 Å². The topological polar surface area (TPSA) is 143 Å². The van der Waals surface area contributed by atoms with Crippen LogP contribution in [0.5, 0.6) is 0 Å². The Bertz CT molecular complexity index is 1370. The standard InChI is InChI=1S/C26H29F3N6O3S/c1-15-11-17(13-18(12-15)34-23-32-9-3-20(35-23)26(27,28)29)19-14-33-22(39-19)25(38)6-4-24(5-7-25,21(30)37)8-10-31-16(2)36/h3,9,11-14,38H,4-8,10H2,1-2H3,(H2,30,37)(H,31,36)(H,32,34,35). The van der Waals surface area contributed by atoms with Crippen molar-refractivity contribution in [3.05, 3.63) is 52.9 Å². The van der Waals surface area contributed by atoms with Crippen molar-refractivity contribution in [2.75, 3.05) is 11.9 Å². The first-order valence-corrected chi connectivity index (χ1v) is 13.1. The summed E-state index contributed by atoms with van der Waals surface area (Å²) in [6.07, 6.45) is -0.196. The highest BCUT2D eigenvalue weighted by atomic mass is 32.1. The van der Waals surface area contributed by atoms with Gasteiger partial charge in [-0.3, -0.25) is 9.59 Å². The largest absolute Gasteiger partial charge is 0.433 e. The van der Waals surface area contributed by atoms with E-state index in [2.05, 4.69) is 25.6 Å². The van der Waals surface area contributed by atoms with Crippen LogP contribution >= 0.6 is 11.3 Å². The van der Waals surface area contributed by atoms with Crippen LogP contribution in [0, 0.1) is 12.3 Å². The highest BCUT2D eigenvalue weighted by Crippen LogP contribution is 2.48. The normalized spacial score (nSPS) is 21.4. The Morgan fingerprint density at radius 2 is 1.87 bits per heavy atom. The average molecular weight is 563 g/mol. The summed E-state index contributed by atoms with van der Waals surface area (Å²) in [4.78, 5) is 36.2. The van der Waals surface area contributed by atoms with Crippen LogP contribution in [-0.2, 0) is 21.4 Å². The summed E-state index contributed by atoms with van der Waals surface area (Å²) >= 11 is 1.31. The van der Waals surface area contributed by atoms with Gasteiger partial charge in [-0.05, 0) is 68.4 Å². The first kappa shape index (κ1) is 28.4. The predicted molar refractivity (Wildman–Crippen MR) is 140 cm³/mol. The molecular formula is C26H29F3N6O3S. The van der Waals surface area contributed by atoms with Gasteiger partial charge in [0.05, 0.1) is 10.3 Å². The number of nitrogens with one attached hydrogen (secondary N) is 2. The van der Waals surface area contributed by atoms with Crippen LogP contribution in [0.1, 0.15) is 55.3 Å². The van der Waals surface area contributed by atoms with E-state index in [0.29, 0.717) is 36.5 Å². The van der Waals surface area contributed by atoms with Crippen LogP contribution in [0.15, 0.2) is 36.7 Å². The zero-order chi connectivity index (χ0) is 28.4. The molecule has 4 rings (SSSR count). The molecule has 1 saturated carbocycles. The molecule has 0 radical (unpaired) electrons. The Morgan fingerprint density at radius 3 is 2.51 bits per heavy atom. The van der Waals surface area contributed by atoms with Crippen LogP contribution in [0.25, 0.3) is 10.4 Å². The Hall–Kier alpha value is -3.58. The van der Waals surface area contributed by atoms with E-state index in [1.807, 2.05) is 13.0 Å². The van der Waals surface area contributed by atoms with E-state index in [-0.39, 0.29) is 24.7 Å². The molecule has 0 bridgehead atoms. The fourth-order valence-corrected chi connectivity index (χ4v) is 5.83. The van der Waals surface area contributed by atoms with Gasteiger partial charge in [-0.25, -0.2) is 15.0 Å². The number of anilines is 2. The Kier molecular flexibility index (Phi) is 7.94. The van der Waals surface area contributed by atoms with Gasteiger partial charge < -0.3 is 21.5 Å². The predicted octanol–water partition coefficient (Wildman–Crippen LogP) is 4.43. The first-order valence-electron chi connectivity index (χ1n) is 12.3. The van der Waals surface area contributed by atoms with Gasteiger partial charge in [-0.2, -0.15) is 13.2 Å². The molecule has 2 aromatic heterocycles. The lowest BCUT2D eigenvalue weighted by molar-refractivity contribution is -0.141. The minimum Gasteiger partial charge on any atom is -0.383 e. The van der Waals surface area contributed by atoms with Gasteiger partial charge in [0.25, 0.3) is 0 Å². The molecule has 1 fully saturated rings. The van der Waals surface area contributed by atoms with Crippen molar-refractivity contribution in [3.63, 3.8) is 0 Å². The number of hydrogen-bond donors (Lipinski definition) is 4. The molecule has 5 N–H and O–H groups in total. The van der Waals surface area contributed by atoms with Gasteiger partial charge >= 0.3 is 6.18 Å². The van der Waals surface area contributed by atoms with E-state index in [4.69, 9.17) is 5.73 Å². The van der Waals surface area contributed by atoms with Crippen molar-refractivity contribution in [2.24, 2.45) is 11.1 Å². The second-order valence-electron chi connectivity index (χ2n) is 9.91. The van der Waals surface area contributed by atoms with Crippen LogP contribution in [0.2, 0.25) is 0 Å². The second-order valence-corrected chi connectivity index (χ2v) is 10.9. The molecule has 0 atom stereocenters. The zero-order valence-electron chi connectivity index (χ0n) is 21.4. The minimum atomic E-state index is -4.59. The number of aromatic nitrogens is 3. The van der Waals surface area contributed by atoms with Crippen molar-refractivity contribution < 1.29 is 27.9 Å². The lowest BCUT2D eigenvalue weighted by atomic mass is 9.66. The molecule has 2 amide bonds. The summed E-state index contributed by atoms with van der Waals surface area (Å²) in [5.74, 6) is -0.812. The molecule has 0 spiro atoms. The fraction of sp³-hybridized carbons (Fsp3) is 0.423. The molecule has 39 heavy (non-hydrogen) atoms. The molecule has 13 heteroatoms. The molecule has 1 aromatic carbocycles. The first-order chi connectivity index (χ1) is 18.3. The summed E-state index contributed by atoms with van der Waals surface area (Å²) < 4.78 is 39.1. The molecule has 3 aromatic rings. The minimum absolute atomic E-state index is 0.181. The van der Waals surface area contributed by atoms with E-state index in [1.165, 1.54) is 18.3 Å². The van der Waals surface area contributed by atoms with Crippen molar-refractivity contribution in [2.45, 2.75) is 57.7 Å². The van der Waals surface area contributed by atoms with Crippen LogP contribution < -0.4 is 16.4 Å². The maximum atomic E-state index is 13.0. The molecule has 0 saturated heterocycles. The van der Waals surface area contributed by atoms with Crippen LogP contribution in [-0.4, -0.2) is 38.4 Å². The third kappa shape index (κ3) is 6.53. The van der Waals surface area contributed by atoms with Crippen LogP contribution in [0.3, 0.4) is 0 Å². The Balaban J connectivity index is 1.51. The number of aliphatic hydroxyl groups is 1. The number of primary amides is 1. The fourth-order valence-electron chi connectivity index (χ4n) is 4.78. The van der Waals surface area contributed by atoms with E-state index >= 15 is 0 Å². The summed E-state index contributed by atoms with van der Waals surface area (Å²) in [5.41, 5.74) is 4.75. The SMILES string of the molecule is CC(=O)NCCC1(C(N)=O)CCC(O)(c2ncc(-c3cc(C)cc(Nc4nccc(C(F)(F)F)n4)c3)s2)CC1. The van der Waals surface area contributed by atoms with Crippen molar-refractivity contribution >= 4 is 34.8 Å². The maximum absolute atomic E-state index is 13.0. The number of halogens is 3. The molecule has 2 heterocycles. The lowest BCUT2D eigenvalue weighted by Crippen LogP contribution is -2.46. The third-order valence-corrected chi connectivity index (χ3v) is 8.24. The van der Waals surface area contributed by atoms with Crippen LogP contribution in [0.4, 0.5) is 24.8 Å². The van der Waals surface area contributed by atoms with E-state index in [0.717, 1.165) is 28.3 Å². The quantitative estimate of drug-likeness (QED) is 0.318. The molecule has 1 aliphatic carbocycles. The third-order valence-electron chi connectivity index (χ3n) is 7.00. The smallest absolute Gasteiger partial charge is 0.383 e. The molecular weight excluding hydrogens is 533 g/mol. The molecule has 208 valence electrons. The highest BCUT2D eigenvalue weighted by molar-refractivity contribution is 7.15. The summed E-state index contributed by atoms with van der Waals surface area (Å²) in [6, 6.07) is 6.21. The number of aryl methyl sites for hydroxylation is 1. The summed E-state index contributed by atoms with van der Waals surface area (Å²) in [5, 5.41) is 17.5. The second kappa shape index (κ2) is 10.9. The van der Waals surface area contributed by atoms with Gasteiger partial charge in [-0.1, -0.05) is 6.07 Å². The molecule has 9 nitrogen and oxygen atoms in total. The lowest BCUT2D eigenvalue weighted by Gasteiger charge is -2.41. The number of carbonyl (C=O) groups is 2. The van der Waals surface area contributed by atoms with Gasteiger partial charge in [-0.15, -0.1) is 11.3 Å². The van der Waals surface area contributed by atoms with E-state index < -0.39 is 28.8 Å². The van der Waals surface area contributed by atoms with Gasteiger partial charge in [0, 0.05) is 31.5 Å². The number of alkyl halides is 3. The number of carbonyl (C=O) groups excluding carboxylic acids is 2. The average Bonchev–Trinajstić information content (AvgIpc) is 3.36. The van der Waals surface area contributed by atoms with Crippen molar-refractivity contribution in [1.29, 1.82) is 0 Å². The van der Waals surface area contributed by atoms with Gasteiger partial charge in [0.15, 0.2) is 0 Å². The number of nitrogens with two attached hydrogens (primary N) is 1.